The smallest absolute Gasteiger partial charge is 0.222 e. The molecule has 0 atom stereocenters. The molecule has 0 saturated heterocycles. The predicted octanol–water partition coefficient (Wildman–Crippen LogP) is 7.98. The van der Waals surface area contributed by atoms with Gasteiger partial charge in [0.1, 0.15) is 0 Å². The van der Waals surface area contributed by atoms with Gasteiger partial charge in [-0.3, -0.25) is 4.79 Å². The van der Waals surface area contributed by atoms with Crippen LogP contribution in [0.2, 0.25) is 0 Å². The van der Waals surface area contributed by atoms with Gasteiger partial charge in [-0.15, -0.1) is 0 Å². The molecule has 0 fully saturated rings. The lowest BCUT2D eigenvalue weighted by atomic mass is 10.1. The second-order valence-electron chi connectivity index (χ2n) is 8.52. The first-order valence-corrected chi connectivity index (χ1v) is 12.4. The summed E-state index contributed by atoms with van der Waals surface area (Å²) in [6.07, 6.45) is 22.6. The maximum Gasteiger partial charge on any atom is 0.222 e. The Morgan fingerprint density at radius 2 is 1.66 bits per heavy atom. The van der Waals surface area contributed by atoms with Crippen LogP contribution in [-0.2, 0) is 11.2 Å². The Labute approximate surface area is 203 Å². The van der Waals surface area contributed by atoms with Crippen molar-refractivity contribution in [3.05, 3.63) is 60.2 Å². The highest BCUT2D eigenvalue weighted by atomic mass is 16.2. The second kappa shape index (κ2) is 16.4. The monoisotopic (exact) mass is 441 g/mol. The number of H-pyrrole nitrogens is 1. The quantitative estimate of drug-likeness (QED) is 0.196. The standard InChI is InChI=1S/C29H44N2O/c1-3-4-5-6-7-8-9-10-11-12-13-14-15-16-17-22-29(32)31(2)24-23-26-25-30-28-21-19-18-20-27(26)28/h7-8,10-11,18-21,25,30H,3-6,9,12-17,22-24H2,1-2H3/b8-7-,11-10-/i18D,19D,20D,21D,25D. The normalized spacial score (nSPS) is 14.0. The maximum atomic E-state index is 12.5. The summed E-state index contributed by atoms with van der Waals surface area (Å²) in [5, 5.41) is 0.352. The first-order chi connectivity index (χ1) is 17.8. The van der Waals surface area contributed by atoms with Crippen molar-refractivity contribution in [1.82, 2.24) is 9.88 Å². The molecule has 32 heavy (non-hydrogen) atoms. The average Bonchev–Trinajstić information content (AvgIpc) is 3.22. The van der Waals surface area contributed by atoms with Gasteiger partial charge >= 0.3 is 0 Å². The van der Waals surface area contributed by atoms with E-state index in [1.807, 2.05) is 0 Å². The van der Waals surface area contributed by atoms with Gasteiger partial charge in [-0.2, -0.15) is 0 Å². The van der Waals surface area contributed by atoms with Gasteiger partial charge in [0.2, 0.25) is 5.91 Å². The van der Waals surface area contributed by atoms with Crippen LogP contribution in [0.25, 0.3) is 10.9 Å². The summed E-state index contributed by atoms with van der Waals surface area (Å²) in [7, 11) is 1.75. The number of amides is 1. The van der Waals surface area contributed by atoms with Crippen molar-refractivity contribution in [2.24, 2.45) is 0 Å². The number of hydrogen-bond acceptors (Lipinski definition) is 1. The highest BCUT2D eigenvalue weighted by Crippen LogP contribution is 2.18. The predicted molar refractivity (Wildman–Crippen MR) is 139 cm³/mol. The van der Waals surface area contributed by atoms with Crippen molar-refractivity contribution in [3.8, 4) is 0 Å². The Hall–Kier alpha value is -2.29. The summed E-state index contributed by atoms with van der Waals surface area (Å²) in [4.78, 5) is 17.0. The van der Waals surface area contributed by atoms with Crippen molar-refractivity contribution < 1.29 is 11.6 Å². The minimum atomic E-state index is -0.310. The number of benzene rings is 1. The Kier molecular flexibility index (Phi) is 9.82. The van der Waals surface area contributed by atoms with Gasteiger partial charge in [0.25, 0.3) is 0 Å². The minimum Gasteiger partial charge on any atom is -0.361 e. The third kappa shape index (κ3) is 10.3. The number of nitrogens with one attached hydrogen (secondary N) is 1. The Bertz CT molecular complexity index is 1060. The van der Waals surface area contributed by atoms with Gasteiger partial charge in [0, 0.05) is 37.1 Å². The number of para-hydroxylation sites is 1. The van der Waals surface area contributed by atoms with E-state index in [0.717, 1.165) is 32.1 Å². The third-order valence-corrected chi connectivity index (χ3v) is 5.79. The number of unbranched alkanes of at least 4 members (excludes halogenated alkanes) is 8. The molecule has 0 aliphatic carbocycles. The Morgan fingerprint density at radius 3 is 2.44 bits per heavy atom. The fraction of sp³-hybridized carbons (Fsp3) is 0.552. The average molecular weight is 442 g/mol. The Morgan fingerprint density at radius 1 is 0.969 bits per heavy atom. The van der Waals surface area contributed by atoms with E-state index in [0.29, 0.717) is 30.3 Å². The third-order valence-electron chi connectivity index (χ3n) is 5.79. The van der Waals surface area contributed by atoms with E-state index < -0.39 is 0 Å². The van der Waals surface area contributed by atoms with Gasteiger partial charge in [-0.05, 0) is 56.6 Å². The molecule has 1 aromatic heterocycles. The van der Waals surface area contributed by atoms with Crippen molar-refractivity contribution in [1.29, 1.82) is 0 Å². The maximum absolute atomic E-state index is 12.5. The zero-order valence-corrected chi connectivity index (χ0v) is 20.1. The largest absolute Gasteiger partial charge is 0.361 e. The summed E-state index contributed by atoms with van der Waals surface area (Å²) < 4.78 is 40.2. The van der Waals surface area contributed by atoms with E-state index in [9.17, 15) is 4.79 Å². The lowest BCUT2D eigenvalue weighted by Crippen LogP contribution is -2.28. The molecule has 0 aliphatic rings. The van der Waals surface area contributed by atoms with E-state index in [1.54, 1.807) is 11.9 Å². The van der Waals surface area contributed by atoms with Gasteiger partial charge < -0.3 is 9.88 Å². The molecule has 0 aliphatic heterocycles. The van der Waals surface area contributed by atoms with Crippen LogP contribution in [0.15, 0.2) is 54.6 Å². The van der Waals surface area contributed by atoms with Crippen LogP contribution in [0, 0.1) is 0 Å². The number of rotatable bonds is 17. The van der Waals surface area contributed by atoms with Crippen LogP contribution in [0.3, 0.4) is 0 Å². The molecule has 176 valence electrons. The summed E-state index contributed by atoms with van der Waals surface area (Å²) in [6, 6.07) is -0.917. The number of allylic oxidation sites excluding steroid dienone is 4. The van der Waals surface area contributed by atoms with E-state index in [2.05, 4.69) is 36.2 Å². The number of aromatic amines is 1. The highest BCUT2D eigenvalue weighted by Gasteiger charge is 2.10. The zero-order chi connectivity index (χ0) is 27.2. The summed E-state index contributed by atoms with van der Waals surface area (Å²) in [5.74, 6) is 0.0685. The second-order valence-corrected chi connectivity index (χ2v) is 8.52. The number of hydrogen-bond donors (Lipinski definition) is 1. The molecule has 1 heterocycles. The zero-order valence-electron chi connectivity index (χ0n) is 25.1. The first kappa shape index (κ1) is 19.2. The lowest BCUT2D eigenvalue weighted by Gasteiger charge is -2.17. The number of carbonyl (C=O) groups is 1. The molecule has 0 saturated carbocycles. The number of carbonyl (C=O) groups excluding carboxylic acids is 1. The van der Waals surface area contributed by atoms with E-state index >= 15 is 0 Å². The highest BCUT2D eigenvalue weighted by molar-refractivity contribution is 5.83. The molecular weight excluding hydrogens is 392 g/mol. The van der Waals surface area contributed by atoms with Gasteiger partial charge in [-0.1, -0.05) is 81.5 Å². The first-order valence-electron chi connectivity index (χ1n) is 14.9. The van der Waals surface area contributed by atoms with Crippen LogP contribution in [-0.4, -0.2) is 29.4 Å². The lowest BCUT2D eigenvalue weighted by molar-refractivity contribution is -0.130. The van der Waals surface area contributed by atoms with Crippen LogP contribution in [0.4, 0.5) is 0 Å². The van der Waals surface area contributed by atoms with Crippen LogP contribution < -0.4 is 0 Å². The van der Waals surface area contributed by atoms with Gasteiger partial charge in [0.15, 0.2) is 0 Å². The molecule has 2 rings (SSSR count). The topological polar surface area (TPSA) is 36.1 Å². The van der Waals surface area contributed by atoms with E-state index in [-0.39, 0.29) is 41.8 Å². The molecule has 3 nitrogen and oxygen atoms in total. The van der Waals surface area contributed by atoms with Crippen molar-refractivity contribution in [3.63, 3.8) is 0 Å². The summed E-state index contributed by atoms with van der Waals surface area (Å²) in [6.45, 7) is 2.63. The molecule has 1 N–H and O–H groups in total. The van der Waals surface area contributed by atoms with Crippen molar-refractivity contribution >= 4 is 16.8 Å². The fourth-order valence-electron chi connectivity index (χ4n) is 3.70. The molecule has 0 bridgehead atoms. The van der Waals surface area contributed by atoms with Crippen molar-refractivity contribution in [2.45, 2.75) is 90.4 Å². The van der Waals surface area contributed by atoms with Crippen LogP contribution >= 0.6 is 0 Å². The molecule has 0 spiro atoms. The number of fused-ring (bicyclic) bond motifs is 1. The Balaban J connectivity index is 1.63. The summed E-state index contributed by atoms with van der Waals surface area (Å²) in [5.41, 5.74) is 0.781. The van der Waals surface area contributed by atoms with E-state index in [1.165, 1.54) is 38.5 Å². The molecule has 2 aromatic rings. The number of likely N-dealkylation sites (N-methyl/N-ethyl adjacent to an activating group) is 1. The molecule has 1 aromatic carbocycles. The molecule has 0 unspecified atom stereocenters. The SMILES string of the molecule is [2H]c1[nH]c2c([2H])c([2H])c([2H])c([2H])c2c1CCN(C)C(=O)CCCCCCC/C=C\C/C=C\CCCCC. The van der Waals surface area contributed by atoms with Gasteiger partial charge in [0.05, 0.1) is 6.85 Å². The van der Waals surface area contributed by atoms with Crippen LogP contribution in [0.5, 0.6) is 0 Å². The minimum absolute atomic E-state index is 0.0685. The molecule has 0 radical (unpaired) electrons. The number of nitrogens with zero attached hydrogens (tertiary/aromatic N) is 1. The molecule has 1 amide bonds. The van der Waals surface area contributed by atoms with E-state index in [4.69, 9.17) is 6.85 Å². The summed E-state index contributed by atoms with van der Waals surface area (Å²) >= 11 is 0. The van der Waals surface area contributed by atoms with Crippen LogP contribution in [0.1, 0.15) is 96.4 Å². The van der Waals surface area contributed by atoms with Gasteiger partial charge in [-0.25, -0.2) is 0 Å². The number of aromatic nitrogens is 1. The van der Waals surface area contributed by atoms with Crippen molar-refractivity contribution in [2.75, 3.05) is 13.6 Å². The fourth-order valence-corrected chi connectivity index (χ4v) is 3.70. The molecular formula is C29H44N2O. The molecule has 3 heteroatoms.